The Morgan fingerprint density at radius 2 is 1.89 bits per heavy atom. The Kier molecular flexibility index (Phi) is 2.47. The van der Waals surface area contributed by atoms with E-state index in [0.717, 1.165) is 16.7 Å². The zero-order chi connectivity index (χ0) is 12.8. The summed E-state index contributed by atoms with van der Waals surface area (Å²) in [5.74, 6) is -0.985. The topological polar surface area (TPSA) is 35.5 Å². The van der Waals surface area contributed by atoms with Gasteiger partial charge >= 0.3 is 0 Å². The number of carbonyl (C=O) groups is 1. The van der Waals surface area contributed by atoms with Crippen LogP contribution in [-0.2, 0) is 20.1 Å². The number of Topliss-reactive ketones (excluding diaryl/α,β-unsaturated/α-hetero) is 1. The number of rotatable bonds is 2. The van der Waals surface area contributed by atoms with Gasteiger partial charge in [0.25, 0.3) is 0 Å². The van der Waals surface area contributed by atoms with Crippen LogP contribution in [0.1, 0.15) is 17.5 Å². The van der Waals surface area contributed by atoms with Gasteiger partial charge in [0.05, 0.1) is 5.57 Å². The molecule has 0 aromatic heterocycles. The van der Waals surface area contributed by atoms with Crippen LogP contribution in [0.2, 0.25) is 0 Å². The summed E-state index contributed by atoms with van der Waals surface area (Å²) < 4.78 is 11.2. The molecular weight excluding hydrogens is 228 g/mol. The Morgan fingerprint density at radius 3 is 2.61 bits per heavy atom. The summed E-state index contributed by atoms with van der Waals surface area (Å²) in [6.07, 6.45) is 4.27. The molecule has 3 rings (SSSR count). The molecule has 0 amide bonds. The van der Waals surface area contributed by atoms with E-state index >= 15 is 0 Å². The fourth-order valence-corrected chi connectivity index (χ4v) is 2.85. The van der Waals surface area contributed by atoms with E-state index in [4.69, 9.17) is 9.47 Å². The largest absolute Gasteiger partial charge is 0.345 e. The van der Waals surface area contributed by atoms with Gasteiger partial charge in [0.15, 0.2) is 5.78 Å². The Labute approximate surface area is 106 Å². The van der Waals surface area contributed by atoms with Crippen molar-refractivity contribution < 1.29 is 14.3 Å². The van der Waals surface area contributed by atoms with Gasteiger partial charge < -0.3 is 9.47 Å². The monoisotopic (exact) mass is 242 g/mol. The first-order chi connectivity index (χ1) is 8.74. The van der Waals surface area contributed by atoms with Gasteiger partial charge in [-0.05, 0) is 11.1 Å². The third kappa shape index (κ3) is 1.23. The van der Waals surface area contributed by atoms with Crippen LogP contribution in [0.25, 0.3) is 5.57 Å². The predicted octanol–water partition coefficient (Wildman–Crippen LogP) is 2.43. The van der Waals surface area contributed by atoms with Crippen molar-refractivity contribution in [3.8, 4) is 0 Å². The smallest absolute Gasteiger partial charge is 0.226 e. The summed E-state index contributed by atoms with van der Waals surface area (Å²) in [6, 6.07) is 7.82. The van der Waals surface area contributed by atoms with Crippen molar-refractivity contribution >= 4 is 11.4 Å². The molecule has 3 nitrogen and oxygen atoms in total. The number of ether oxygens (including phenoxy) is 2. The van der Waals surface area contributed by atoms with Crippen LogP contribution in [0, 0.1) is 0 Å². The van der Waals surface area contributed by atoms with Crippen LogP contribution in [0.3, 0.4) is 0 Å². The van der Waals surface area contributed by atoms with Crippen LogP contribution in [-0.4, -0.2) is 20.0 Å². The maximum atomic E-state index is 12.2. The lowest BCUT2D eigenvalue weighted by atomic mass is 9.94. The highest BCUT2D eigenvalue weighted by Gasteiger charge is 2.48. The van der Waals surface area contributed by atoms with Crippen LogP contribution >= 0.6 is 0 Å². The normalized spacial score (nSPS) is 20.0. The predicted molar refractivity (Wildman–Crippen MR) is 67.8 cm³/mol. The molecule has 0 aliphatic heterocycles. The molecule has 0 saturated heterocycles. The highest BCUT2D eigenvalue weighted by molar-refractivity contribution is 6.11. The second-order valence-electron chi connectivity index (χ2n) is 4.39. The van der Waals surface area contributed by atoms with Crippen molar-refractivity contribution in [1.29, 1.82) is 0 Å². The molecule has 2 aliphatic rings. The van der Waals surface area contributed by atoms with Crippen molar-refractivity contribution in [3.63, 3.8) is 0 Å². The standard InChI is InChI=1S/C15H14O3/c1-17-15(18-2)12-8-4-3-6-10(12)11-7-5-9-13(16)14(11)15/h3-8H,9H2,1-2H3. The quantitative estimate of drug-likeness (QED) is 0.747. The molecule has 1 aromatic rings. The lowest BCUT2D eigenvalue weighted by Gasteiger charge is -2.30. The maximum Gasteiger partial charge on any atom is 0.226 e. The fourth-order valence-electron chi connectivity index (χ4n) is 2.85. The average Bonchev–Trinajstić information content (AvgIpc) is 2.71. The summed E-state index contributed by atoms with van der Waals surface area (Å²) in [5, 5.41) is 0. The second-order valence-corrected chi connectivity index (χ2v) is 4.39. The van der Waals surface area contributed by atoms with Crippen molar-refractivity contribution in [2.75, 3.05) is 14.2 Å². The van der Waals surface area contributed by atoms with Gasteiger partial charge in [0.2, 0.25) is 5.79 Å². The molecule has 0 heterocycles. The molecule has 0 fully saturated rings. The van der Waals surface area contributed by atoms with Crippen LogP contribution in [0.15, 0.2) is 42.0 Å². The number of fused-ring (bicyclic) bond motifs is 2. The Hall–Kier alpha value is -1.71. The minimum Gasteiger partial charge on any atom is -0.345 e. The van der Waals surface area contributed by atoms with Gasteiger partial charge in [-0.25, -0.2) is 0 Å². The van der Waals surface area contributed by atoms with E-state index in [-0.39, 0.29) is 5.78 Å². The summed E-state index contributed by atoms with van der Waals surface area (Å²) >= 11 is 0. The molecule has 0 bridgehead atoms. The number of ketones is 1. The first-order valence-corrected chi connectivity index (χ1v) is 5.89. The Morgan fingerprint density at radius 1 is 1.17 bits per heavy atom. The summed E-state index contributed by atoms with van der Waals surface area (Å²) in [5.41, 5.74) is 3.46. The summed E-state index contributed by atoms with van der Waals surface area (Å²) in [4.78, 5) is 12.2. The molecule has 18 heavy (non-hydrogen) atoms. The highest BCUT2D eigenvalue weighted by Crippen LogP contribution is 2.49. The number of carbonyl (C=O) groups excluding carboxylic acids is 1. The Bertz CT molecular complexity index is 577. The van der Waals surface area contributed by atoms with Gasteiger partial charge in [0.1, 0.15) is 0 Å². The first-order valence-electron chi connectivity index (χ1n) is 5.89. The molecule has 0 atom stereocenters. The minimum atomic E-state index is -1.05. The van der Waals surface area contributed by atoms with E-state index in [1.54, 1.807) is 14.2 Å². The molecular formula is C15H14O3. The third-order valence-electron chi connectivity index (χ3n) is 3.61. The van der Waals surface area contributed by atoms with Crippen molar-refractivity contribution in [2.24, 2.45) is 0 Å². The molecule has 0 spiro atoms. The highest BCUT2D eigenvalue weighted by atomic mass is 16.7. The maximum absolute atomic E-state index is 12.2. The lowest BCUT2D eigenvalue weighted by Crippen LogP contribution is -2.34. The lowest BCUT2D eigenvalue weighted by molar-refractivity contribution is -0.186. The number of hydrogen-bond donors (Lipinski definition) is 0. The zero-order valence-electron chi connectivity index (χ0n) is 10.4. The van der Waals surface area contributed by atoms with E-state index in [1.165, 1.54) is 0 Å². The number of allylic oxidation sites excluding steroid dienone is 3. The Balaban J connectivity index is 2.34. The van der Waals surface area contributed by atoms with Crippen molar-refractivity contribution in [2.45, 2.75) is 12.2 Å². The van der Waals surface area contributed by atoms with Crippen LogP contribution < -0.4 is 0 Å². The molecule has 0 unspecified atom stereocenters. The molecule has 2 aliphatic carbocycles. The minimum absolute atomic E-state index is 0.0624. The van der Waals surface area contributed by atoms with E-state index < -0.39 is 5.79 Å². The average molecular weight is 242 g/mol. The SMILES string of the molecule is COC1(OC)C2=C(C=CCC2=O)c2ccccc21. The summed E-state index contributed by atoms with van der Waals surface area (Å²) in [6.45, 7) is 0. The van der Waals surface area contributed by atoms with Gasteiger partial charge in [-0.3, -0.25) is 4.79 Å². The zero-order valence-corrected chi connectivity index (χ0v) is 10.4. The van der Waals surface area contributed by atoms with Crippen LogP contribution in [0.5, 0.6) is 0 Å². The van der Waals surface area contributed by atoms with E-state index in [2.05, 4.69) is 0 Å². The van der Waals surface area contributed by atoms with E-state index in [9.17, 15) is 4.79 Å². The van der Waals surface area contributed by atoms with E-state index in [0.29, 0.717) is 12.0 Å². The molecule has 3 heteroatoms. The molecule has 92 valence electrons. The van der Waals surface area contributed by atoms with Gasteiger partial charge in [-0.2, -0.15) is 0 Å². The number of benzene rings is 1. The molecule has 0 N–H and O–H groups in total. The first kappa shape index (κ1) is 11.4. The fraction of sp³-hybridized carbons (Fsp3) is 0.267. The van der Waals surface area contributed by atoms with Gasteiger partial charge in [0, 0.05) is 26.2 Å². The third-order valence-corrected chi connectivity index (χ3v) is 3.61. The number of hydrogen-bond acceptors (Lipinski definition) is 3. The number of methoxy groups -OCH3 is 2. The molecule has 0 saturated carbocycles. The second kappa shape index (κ2) is 3.90. The van der Waals surface area contributed by atoms with Crippen molar-refractivity contribution in [1.82, 2.24) is 0 Å². The molecule has 1 aromatic carbocycles. The van der Waals surface area contributed by atoms with E-state index in [1.807, 2.05) is 36.4 Å². The summed E-state index contributed by atoms with van der Waals surface area (Å²) in [7, 11) is 3.14. The van der Waals surface area contributed by atoms with Crippen LogP contribution in [0.4, 0.5) is 0 Å². The van der Waals surface area contributed by atoms with Crippen molar-refractivity contribution in [3.05, 3.63) is 53.1 Å². The van der Waals surface area contributed by atoms with Gasteiger partial charge in [-0.1, -0.05) is 36.4 Å². The molecule has 0 radical (unpaired) electrons. The van der Waals surface area contributed by atoms with Gasteiger partial charge in [-0.15, -0.1) is 0 Å².